The summed E-state index contributed by atoms with van der Waals surface area (Å²) in [5, 5.41) is 0. The first-order chi connectivity index (χ1) is 13.2. The standard InChI is InChI=1S/C20H40N6O2/c1-6-23-7-9-24(10-8-23)16-17(2)15-22-18(21)25-11-13-26(14-12-25)19(27)28-20(3,4)5/h17H,6-16H2,1-5H3,(H2,21,22). The van der Waals surface area contributed by atoms with Crippen molar-refractivity contribution in [2.75, 3.05) is 72.0 Å². The van der Waals surface area contributed by atoms with Gasteiger partial charge in [-0.15, -0.1) is 0 Å². The van der Waals surface area contributed by atoms with Crippen LogP contribution in [-0.4, -0.2) is 109 Å². The van der Waals surface area contributed by atoms with Gasteiger partial charge in [-0.3, -0.25) is 4.99 Å². The van der Waals surface area contributed by atoms with Crippen LogP contribution < -0.4 is 5.73 Å². The Labute approximate surface area is 170 Å². The van der Waals surface area contributed by atoms with Gasteiger partial charge in [0, 0.05) is 65.4 Å². The summed E-state index contributed by atoms with van der Waals surface area (Å²) in [5.41, 5.74) is 5.75. The van der Waals surface area contributed by atoms with E-state index in [4.69, 9.17) is 10.5 Å². The van der Waals surface area contributed by atoms with Gasteiger partial charge in [-0.1, -0.05) is 13.8 Å². The van der Waals surface area contributed by atoms with Crippen LogP contribution in [0.5, 0.6) is 0 Å². The quantitative estimate of drug-likeness (QED) is 0.554. The Hall–Kier alpha value is -1.54. The average molecular weight is 397 g/mol. The SMILES string of the molecule is CCN1CCN(CC(C)CN=C(N)N2CCN(C(=O)OC(C)(C)C)CC2)CC1. The number of nitrogens with two attached hydrogens (primary N) is 1. The number of hydrogen-bond donors (Lipinski definition) is 1. The van der Waals surface area contributed by atoms with Gasteiger partial charge in [0.25, 0.3) is 0 Å². The van der Waals surface area contributed by atoms with E-state index in [2.05, 4.69) is 33.5 Å². The molecular weight excluding hydrogens is 356 g/mol. The molecule has 8 heteroatoms. The van der Waals surface area contributed by atoms with Crippen molar-refractivity contribution in [3.05, 3.63) is 0 Å². The van der Waals surface area contributed by atoms with Crippen molar-refractivity contribution in [1.82, 2.24) is 19.6 Å². The Bertz CT molecular complexity index is 517. The van der Waals surface area contributed by atoms with Gasteiger partial charge < -0.3 is 30.1 Å². The summed E-state index contributed by atoms with van der Waals surface area (Å²) in [5.74, 6) is 1.07. The van der Waals surface area contributed by atoms with Crippen molar-refractivity contribution in [1.29, 1.82) is 0 Å². The molecule has 0 aromatic carbocycles. The molecule has 2 aliphatic rings. The fourth-order valence-electron chi connectivity index (χ4n) is 3.58. The Morgan fingerprint density at radius 1 is 1.00 bits per heavy atom. The largest absolute Gasteiger partial charge is 0.444 e. The second-order valence-corrected chi connectivity index (χ2v) is 8.99. The number of amides is 1. The normalized spacial score (nSPS) is 21.7. The van der Waals surface area contributed by atoms with E-state index < -0.39 is 5.60 Å². The number of carbonyl (C=O) groups is 1. The van der Waals surface area contributed by atoms with Gasteiger partial charge >= 0.3 is 6.09 Å². The number of piperazine rings is 2. The van der Waals surface area contributed by atoms with E-state index in [0.717, 1.165) is 45.8 Å². The zero-order valence-electron chi connectivity index (χ0n) is 18.5. The van der Waals surface area contributed by atoms with E-state index in [-0.39, 0.29) is 6.09 Å². The molecule has 2 heterocycles. The van der Waals surface area contributed by atoms with Crippen LogP contribution in [0.2, 0.25) is 0 Å². The van der Waals surface area contributed by atoms with Gasteiger partial charge in [-0.05, 0) is 33.2 Å². The van der Waals surface area contributed by atoms with Crippen molar-refractivity contribution < 1.29 is 9.53 Å². The maximum atomic E-state index is 12.2. The highest BCUT2D eigenvalue weighted by Gasteiger charge is 2.26. The number of guanidine groups is 1. The molecule has 0 bridgehead atoms. The predicted molar refractivity (Wildman–Crippen MR) is 114 cm³/mol. The number of rotatable bonds is 5. The molecule has 8 nitrogen and oxygen atoms in total. The summed E-state index contributed by atoms with van der Waals surface area (Å²) < 4.78 is 5.44. The number of hydrogen-bond acceptors (Lipinski definition) is 5. The first kappa shape index (κ1) is 22.7. The van der Waals surface area contributed by atoms with E-state index in [1.54, 1.807) is 4.90 Å². The summed E-state index contributed by atoms with van der Waals surface area (Å²) in [7, 11) is 0. The number of carbonyl (C=O) groups excluding carboxylic acids is 1. The molecule has 0 aromatic heterocycles. The minimum absolute atomic E-state index is 0.251. The third kappa shape index (κ3) is 7.47. The minimum atomic E-state index is -0.464. The molecule has 2 rings (SSSR count). The Balaban J connectivity index is 1.70. The van der Waals surface area contributed by atoms with Crippen molar-refractivity contribution in [2.24, 2.45) is 16.6 Å². The molecule has 1 amide bonds. The fourth-order valence-corrected chi connectivity index (χ4v) is 3.58. The highest BCUT2D eigenvalue weighted by molar-refractivity contribution is 5.78. The lowest BCUT2D eigenvalue weighted by atomic mass is 10.1. The Morgan fingerprint density at radius 3 is 2.07 bits per heavy atom. The van der Waals surface area contributed by atoms with Gasteiger partial charge in [0.1, 0.15) is 5.60 Å². The average Bonchev–Trinajstić information content (AvgIpc) is 2.65. The smallest absolute Gasteiger partial charge is 0.410 e. The molecule has 2 fully saturated rings. The number of likely N-dealkylation sites (N-methyl/N-ethyl adjacent to an activating group) is 1. The van der Waals surface area contributed by atoms with Gasteiger partial charge in [0.15, 0.2) is 5.96 Å². The van der Waals surface area contributed by atoms with Crippen LogP contribution in [0.4, 0.5) is 4.79 Å². The molecule has 28 heavy (non-hydrogen) atoms. The van der Waals surface area contributed by atoms with E-state index in [1.807, 2.05) is 20.8 Å². The van der Waals surface area contributed by atoms with Crippen LogP contribution in [0.1, 0.15) is 34.6 Å². The molecular formula is C20H40N6O2. The van der Waals surface area contributed by atoms with Crippen LogP contribution in [0.15, 0.2) is 4.99 Å². The summed E-state index contributed by atoms with van der Waals surface area (Å²) in [4.78, 5) is 25.6. The number of nitrogens with zero attached hydrogens (tertiary/aromatic N) is 5. The van der Waals surface area contributed by atoms with Crippen molar-refractivity contribution in [2.45, 2.75) is 40.2 Å². The first-order valence-electron chi connectivity index (χ1n) is 10.7. The number of ether oxygens (including phenoxy) is 1. The van der Waals surface area contributed by atoms with Gasteiger partial charge in [0.2, 0.25) is 0 Å². The van der Waals surface area contributed by atoms with E-state index in [0.29, 0.717) is 38.1 Å². The van der Waals surface area contributed by atoms with E-state index >= 15 is 0 Å². The second-order valence-electron chi connectivity index (χ2n) is 8.99. The zero-order chi connectivity index (χ0) is 20.7. The summed E-state index contributed by atoms with van der Waals surface area (Å²) in [6, 6.07) is 0. The summed E-state index contributed by atoms with van der Waals surface area (Å²) in [6.07, 6.45) is -0.251. The number of aliphatic imine (C=N–C) groups is 1. The van der Waals surface area contributed by atoms with Crippen molar-refractivity contribution >= 4 is 12.1 Å². The van der Waals surface area contributed by atoms with Crippen LogP contribution in [-0.2, 0) is 4.74 Å². The lowest BCUT2D eigenvalue weighted by Gasteiger charge is -2.36. The molecule has 0 aromatic rings. The molecule has 0 saturated carbocycles. The van der Waals surface area contributed by atoms with E-state index in [1.165, 1.54) is 0 Å². The van der Waals surface area contributed by atoms with Crippen LogP contribution in [0.3, 0.4) is 0 Å². The first-order valence-corrected chi connectivity index (χ1v) is 10.7. The third-order valence-electron chi connectivity index (χ3n) is 5.30. The topological polar surface area (TPSA) is 77.6 Å². The second kappa shape index (κ2) is 10.3. The lowest BCUT2D eigenvalue weighted by Crippen LogP contribution is -2.53. The molecule has 2 aliphatic heterocycles. The highest BCUT2D eigenvalue weighted by Crippen LogP contribution is 2.12. The minimum Gasteiger partial charge on any atom is -0.444 e. The van der Waals surface area contributed by atoms with Crippen LogP contribution in [0, 0.1) is 5.92 Å². The van der Waals surface area contributed by atoms with Crippen LogP contribution >= 0.6 is 0 Å². The van der Waals surface area contributed by atoms with Crippen molar-refractivity contribution in [3.63, 3.8) is 0 Å². The maximum Gasteiger partial charge on any atom is 0.410 e. The molecule has 0 spiro atoms. The molecule has 0 aliphatic carbocycles. The zero-order valence-corrected chi connectivity index (χ0v) is 18.5. The van der Waals surface area contributed by atoms with Gasteiger partial charge in [0.05, 0.1) is 0 Å². The molecule has 2 saturated heterocycles. The molecule has 1 atom stereocenters. The monoisotopic (exact) mass is 396 g/mol. The fraction of sp³-hybridized carbons (Fsp3) is 0.900. The van der Waals surface area contributed by atoms with Gasteiger partial charge in [-0.25, -0.2) is 4.79 Å². The van der Waals surface area contributed by atoms with Crippen LogP contribution in [0.25, 0.3) is 0 Å². The third-order valence-corrected chi connectivity index (χ3v) is 5.30. The Morgan fingerprint density at radius 2 is 1.54 bits per heavy atom. The molecule has 162 valence electrons. The lowest BCUT2D eigenvalue weighted by molar-refractivity contribution is 0.0186. The highest BCUT2D eigenvalue weighted by atomic mass is 16.6. The Kier molecular flexibility index (Phi) is 8.37. The predicted octanol–water partition coefficient (Wildman–Crippen LogP) is 1.13. The van der Waals surface area contributed by atoms with Crippen molar-refractivity contribution in [3.8, 4) is 0 Å². The maximum absolute atomic E-state index is 12.2. The van der Waals surface area contributed by atoms with E-state index in [9.17, 15) is 4.79 Å². The summed E-state index contributed by atoms with van der Waals surface area (Å²) >= 11 is 0. The molecule has 1 unspecified atom stereocenters. The summed E-state index contributed by atoms with van der Waals surface area (Å²) in [6.45, 7) is 20.3. The van der Waals surface area contributed by atoms with Gasteiger partial charge in [-0.2, -0.15) is 0 Å². The molecule has 2 N–H and O–H groups in total. The molecule has 0 radical (unpaired) electrons.